The second-order valence-corrected chi connectivity index (χ2v) is 4.97. The Morgan fingerprint density at radius 2 is 2.12 bits per heavy atom. The molecule has 1 saturated heterocycles. The van der Waals surface area contributed by atoms with Crippen LogP contribution in [-0.4, -0.2) is 25.2 Å². The number of anilines is 1. The van der Waals surface area contributed by atoms with E-state index in [1.165, 1.54) is 17.7 Å². The first kappa shape index (κ1) is 11.5. The number of hydrogen-bond donors (Lipinski definition) is 1. The maximum Gasteiger partial charge on any atom is 0.0496 e. The van der Waals surface area contributed by atoms with Gasteiger partial charge in [0, 0.05) is 30.9 Å². The van der Waals surface area contributed by atoms with E-state index in [4.69, 9.17) is 0 Å². The fraction of sp³-hybridized carbons (Fsp3) is 0.571. The number of hydrogen-bond acceptors (Lipinski definition) is 2. The summed E-state index contributed by atoms with van der Waals surface area (Å²) in [5.74, 6) is 0. The number of nitrogens with zero attached hydrogens (tertiary/aromatic N) is 1. The lowest BCUT2D eigenvalue weighted by atomic mass is 9.92. The third kappa shape index (κ3) is 1.94. The lowest BCUT2D eigenvalue weighted by molar-refractivity contribution is 0.342. The van der Waals surface area contributed by atoms with Crippen LogP contribution in [0.3, 0.4) is 0 Å². The topological polar surface area (TPSA) is 15.3 Å². The molecular weight excluding hydrogens is 196 g/mol. The molecule has 2 heteroatoms. The molecule has 1 aliphatic rings. The highest BCUT2D eigenvalue weighted by Crippen LogP contribution is 2.30. The molecule has 1 N–H and O–H groups in total. The Balaban J connectivity index is 2.34. The molecule has 0 aromatic heterocycles. The standard InChI is InChI=1S/C14H22N2/c1-4-14(3)11-15-9-10-16(14)13-8-6-5-7-12(13)2/h5-8,15H,4,9-11H2,1-3H3. The first-order chi connectivity index (χ1) is 7.67. The van der Waals surface area contributed by atoms with E-state index < -0.39 is 0 Å². The van der Waals surface area contributed by atoms with Gasteiger partial charge in [0.05, 0.1) is 0 Å². The molecule has 1 unspecified atom stereocenters. The van der Waals surface area contributed by atoms with E-state index in [1.54, 1.807) is 0 Å². The van der Waals surface area contributed by atoms with Gasteiger partial charge in [-0.2, -0.15) is 0 Å². The van der Waals surface area contributed by atoms with Crippen molar-refractivity contribution in [2.24, 2.45) is 0 Å². The van der Waals surface area contributed by atoms with Gasteiger partial charge in [0.25, 0.3) is 0 Å². The third-order valence-electron chi connectivity index (χ3n) is 3.84. The maximum atomic E-state index is 3.50. The van der Waals surface area contributed by atoms with E-state index in [0.29, 0.717) is 0 Å². The molecule has 2 rings (SSSR count). The van der Waals surface area contributed by atoms with Crippen molar-refractivity contribution >= 4 is 5.69 Å². The maximum absolute atomic E-state index is 3.50. The van der Waals surface area contributed by atoms with E-state index in [0.717, 1.165) is 19.6 Å². The molecule has 0 amide bonds. The summed E-state index contributed by atoms with van der Waals surface area (Å²) in [6.07, 6.45) is 1.17. The van der Waals surface area contributed by atoms with Crippen molar-refractivity contribution in [2.45, 2.75) is 32.7 Å². The molecule has 1 fully saturated rings. The number of rotatable bonds is 2. The van der Waals surface area contributed by atoms with Crippen LogP contribution in [0.25, 0.3) is 0 Å². The quantitative estimate of drug-likeness (QED) is 0.820. The normalized spacial score (nSPS) is 25.8. The first-order valence-electron chi connectivity index (χ1n) is 6.21. The summed E-state index contributed by atoms with van der Waals surface area (Å²) >= 11 is 0. The molecule has 0 saturated carbocycles. The molecule has 0 spiro atoms. The van der Waals surface area contributed by atoms with Crippen LogP contribution in [0.4, 0.5) is 5.69 Å². The summed E-state index contributed by atoms with van der Waals surface area (Å²) in [5.41, 5.74) is 3.03. The minimum Gasteiger partial charge on any atom is -0.363 e. The Bertz CT molecular complexity index is 362. The van der Waals surface area contributed by atoms with Gasteiger partial charge in [0.1, 0.15) is 0 Å². The van der Waals surface area contributed by atoms with Gasteiger partial charge in [-0.25, -0.2) is 0 Å². The van der Waals surface area contributed by atoms with Gasteiger partial charge in [0.15, 0.2) is 0 Å². The van der Waals surface area contributed by atoms with Crippen LogP contribution in [0, 0.1) is 6.92 Å². The zero-order chi connectivity index (χ0) is 11.6. The minimum atomic E-state index is 0.254. The van der Waals surface area contributed by atoms with Crippen molar-refractivity contribution in [3.05, 3.63) is 29.8 Å². The average molecular weight is 218 g/mol. The molecule has 0 bridgehead atoms. The van der Waals surface area contributed by atoms with Crippen LogP contribution in [0.5, 0.6) is 0 Å². The molecule has 16 heavy (non-hydrogen) atoms. The molecular formula is C14H22N2. The van der Waals surface area contributed by atoms with Crippen molar-refractivity contribution < 1.29 is 0 Å². The van der Waals surface area contributed by atoms with Crippen LogP contribution < -0.4 is 10.2 Å². The fourth-order valence-corrected chi connectivity index (χ4v) is 2.51. The predicted molar refractivity (Wildman–Crippen MR) is 70.1 cm³/mol. The Morgan fingerprint density at radius 3 is 2.81 bits per heavy atom. The second-order valence-electron chi connectivity index (χ2n) is 4.97. The number of benzene rings is 1. The number of piperazine rings is 1. The summed E-state index contributed by atoms with van der Waals surface area (Å²) in [7, 11) is 0. The summed E-state index contributed by atoms with van der Waals surface area (Å²) in [6.45, 7) is 10.1. The summed E-state index contributed by atoms with van der Waals surface area (Å²) in [4.78, 5) is 2.57. The van der Waals surface area contributed by atoms with Gasteiger partial charge in [-0.05, 0) is 31.9 Å². The van der Waals surface area contributed by atoms with Gasteiger partial charge >= 0.3 is 0 Å². The Labute approximate surface area is 98.7 Å². The summed E-state index contributed by atoms with van der Waals surface area (Å²) < 4.78 is 0. The Kier molecular flexibility index (Phi) is 3.20. The largest absolute Gasteiger partial charge is 0.363 e. The molecule has 1 aromatic rings. The lowest BCUT2D eigenvalue weighted by Crippen LogP contribution is -2.59. The first-order valence-corrected chi connectivity index (χ1v) is 6.21. The van der Waals surface area contributed by atoms with E-state index in [2.05, 4.69) is 55.3 Å². The smallest absolute Gasteiger partial charge is 0.0496 e. The molecule has 0 radical (unpaired) electrons. The van der Waals surface area contributed by atoms with E-state index in [1.807, 2.05) is 0 Å². The highest BCUT2D eigenvalue weighted by atomic mass is 15.3. The number of para-hydroxylation sites is 1. The van der Waals surface area contributed by atoms with Gasteiger partial charge in [-0.1, -0.05) is 25.1 Å². The van der Waals surface area contributed by atoms with Crippen LogP contribution in [0.2, 0.25) is 0 Å². The van der Waals surface area contributed by atoms with Crippen LogP contribution in [0.1, 0.15) is 25.8 Å². The number of aryl methyl sites for hydroxylation is 1. The lowest BCUT2D eigenvalue weighted by Gasteiger charge is -2.47. The van der Waals surface area contributed by atoms with Gasteiger partial charge in [-0.3, -0.25) is 0 Å². The minimum absolute atomic E-state index is 0.254. The van der Waals surface area contributed by atoms with Gasteiger partial charge in [0.2, 0.25) is 0 Å². The van der Waals surface area contributed by atoms with E-state index >= 15 is 0 Å². The molecule has 1 atom stereocenters. The van der Waals surface area contributed by atoms with Crippen LogP contribution in [-0.2, 0) is 0 Å². The highest BCUT2D eigenvalue weighted by molar-refractivity contribution is 5.55. The van der Waals surface area contributed by atoms with Crippen molar-refractivity contribution in [3.8, 4) is 0 Å². The zero-order valence-electron chi connectivity index (χ0n) is 10.6. The van der Waals surface area contributed by atoms with Crippen molar-refractivity contribution in [2.75, 3.05) is 24.5 Å². The molecule has 2 nitrogen and oxygen atoms in total. The zero-order valence-corrected chi connectivity index (χ0v) is 10.6. The SMILES string of the molecule is CCC1(C)CNCCN1c1ccccc1C. The van der Waals surface area contributed by atoms with Crippen molar-refractivity contribution in [1.82, 2.24) is 5.32 Å². The molecule has 88 valence electrons. The molecule has 1 aromatic carbocycles. The number of nitrogens with one attached hydrogen (secondary N) is 1. The van der Waals surface area contributed by atoms with Crippen LogP contribution >= 0.6 is 0 Å². The second kappa shape index (κ2) is 4.46. The monoisotopic (exact) mass is 218 g/mol. The predicted octanol–water partition coefficient (Wildman–Crippen LogP) is 2.57. The third-order valence-corrected chi connectivity index (χ3v) is 3.84. The molecule has 1 heterocycles. The van der Waals surface area contributed by atoms with Crippen molar-refractivity contribution in [3.63, 3.8) is 0 Å². The summed E-state index contributed by atoms with van der Waals surface area (Å²) in [5, 5.41) is 3.50. The van der Waals surface area contributed by atoms with Crippen molar-refractivity contribution in [1.29, 1.82) is 0 Å². The average Bonchev–Trinajstić information content (AvgIpc) is 2.31. The van der Waals surface area contributed by atoms with E-state index in [9.17, 15) is 0 Å². The fourth-order valence-electron chi connectivity index (χ4n) is 2.51. The molecule has 0 aliphatic carbocycles. The van der Waals surface area contributed by atoms with Gasteiger partial charge in [-0.15, -0.1) is 0 Å². The van der Waals surface area contributed by atoms with E-state index in [-0.39, 0.29) is 5.54 Å². The van der Waals surface area contributed by atoms with Crippen LogP contribution in [0.15, 0.2) is 24.3 Å². The molecule has 1 aliphatic heterocycles. The Hall–Kier alpha value is -1.02. The summed E-state index contributed by atoms with van der Waals surface area (Å²) in [6, 6.07) is 8.70. The Morgan fingerprint density at radius 1 is 1.38 bits per heavy atom. The van der Waals surface area contributed by atoms with Gasteiger partial charge < -0.3 is 10.2 Å². The highest BCUT2D eigenvalue weighted by Gasteiger charge is 2.33.